The Bertz CT molecular complexity index is 349. The highest BCUT2D eigenvalue weighted by atomic mass is 32.1. The molecule has 1 N–H and O–H groups in total. The molecule has 0 aliphatic carbocycles. The van der Waals surface area contributed by atoms with E-state index in [-0.39, 0.29) is 0 Å². The van der Waals surface area contributed by atoms with Gasteiger partial charge in [-0.3, -0.25) is 0 Å². The van der Waals surface area contributed by atoms with Crippen molar-refractivity contribution < 1.29 is 0 Å². The predicted octanol–water partition coefficient (Wildman–Crippen LogP) is 4.24. The summed E-state index contributed by atoms with van der Waals surface area (Å²) in [7, 11) is 0. The van der Waals surface area contributed by atoms with Gasteiger partial charge in [0.05, 0.1) is 0 Å². The van der Waals surface area contributed by atoms with Crippen LogP contribution in [0.4, 0.5) is 0 Å². The maximum atomic E-state index is 5.26. The number of imidazole rings is 1. The molecule has 1 aromatic rings. The minimum atomic E-state index is 0.515. The van der Waals surface area contributed by atoms with E-state index >= 15 is 0 Å². The van der Waals surface area contributed by atoms with Crippen LogP contribution in [0.15, 0.2) is 6.20 Å². The molecule has 86 valence electrons. The van der Waals surface area contributed by atoms with E-state index in [1.807, 2.05) is 6.92 Å². The zero-order valence-electron chi connectivity index (χ0n) is 10.2. The van der Waals surface area contributed by atoms with Crippen molar-refractivity contribution in [3.8, 4) is 0 Å². The highest BCUT2D eigenvalue weighted by Gasteiger charge is 2.06. The summed E-state index contributed by atoms with van der Waals surface area (Å²) in [4.78, 5) is 3.17. The third-order valence-corrected chi connectivity index (χ3v) is 3.06. The lowest BCUT2D eigenvalue weighted by Crippen LogP contribution is -2.04. The third-order valence-electron chi connectivity index (χ3n) is 2.75. The quantitative estimate of drug-likeness (QED) is 0.745. The molecule has 0 radical (unpaired) electrons. The van der Waals surface area contributed by atoms with Gasteiger partial charge in [0.2, 0.25) is 0 Å². The molecular weight excluding hydrogens is 204 g/mol. The average molecular weight is 226 g/mol. The summed E-state index contributed by atoms with van der Waals surface area (Å²) in [6.45, 7) is 8.84. The number of aromatic amines is 1. The summed E-state index contributed by atoms with van der Waals surface area (Å²) in [5.74, 6) is 0.804. The van der Waals surface area contributed by atoms with Crippen molar-refractivity contribution in [1.29, 1.82) is 0 Å². The number of H-pyrrole nitrogens is 1. The molecule has 0 aliphatic heterocycles. The maximum Gasteiger partial charge on any atom is 0.177 e. The van der Waals surface area contributed by atoms with Crippen LogP contribution in [-0.4, -0.2) is 9.55 Å². The first-order valence-electron chi connectivity index (χ1n) is 5.78. The molecule has 0 saturated heterocycles. The van der Waals surface area contributed by atoms with Crippen molar-refractivity contribution in [1.82, 2.24) is 9.55 Å². The van der Waals surface area contributed by atoms with E-state index in [0.717, 1.165) is 16.4 Å². The third kappa shape index (κ3) is 3.82. The fraction of sp³-hybridized carbons (Fsp3) is 0.750. The van der Waals surface area contributed by atoms with Gasteiger partial charge >= 0.3 is 0 Å². The Morgan fingerprint density at radius 1 is 1.33 bits per heavy atom. The summed E-state index contributed by atoms with van der Waals surface area (Å²) in [5, 5.41) is 0. The second-order valence-electron chi connectivity index (χ2n) is 4.82. The Balaban J connectivity index is 2.50. The van der Waals surface area contributed by atoms with E-state index in [0.29, 0.717) is 6.04 Å². The number of nitrogens with one attached hydrogen (secondary N) is 1. The molecule has 1 unspecified atom stereocenters. The zero-order chi connectivity index (χ0) is 11.4. The lowest BCUT2D eigenvalue weighted by molar-refractivity contribution is 0.444. The van der Waals surface area contributed by atoms with E-state index in [4.69, 9.17) is 12.2 Å². The van der Waals surface area contributed by atoms with Gasteiger partial charge in [-0.05, 0) is 38.4 Å². The van der Waals surface area contributed by atoms with Gasteiger partial charge in [-0.2, -0.15) is 0 Å². The largest absolute Gasteiger partial charge is 0.335 e. The molecule has 1 atom stereocenters. The van der Waals surface area contributed by atoms with Crippen LogP contribution in [-0.2, 0) is 0 Å². The van der Waals surface area contributed by atoms with Crippen molar-refractivity contribution in [2.24, 2.45) is 5.92 Å². The number of hydrogen-bond acceptors (Lipinski definition) is 1. The molecule has 0 bridgehead atoms. The van der Waals surface area contributed by atoms with Crippen LogP contribution < -0.4 is 0 Å². The highest BCUT2D eigenvalue weighted by molar-refractivity contribution is 7.71. The van der Waals surface area contributed by atoms with Crippen LogP contribution in [0.25, 0.3) is 0 Å². The second kappa shape index (κ2) is 5.50. The molecule has 1 heterocycles. The summed E-state index contributed by atoms with van der Waals surface area (Å²) in [6.07, 6.45) is 5.91. The van der Waals surface area contributed by atoms with Gasteiger partial charge in [0.25, 0.3) is 0 Å². The maximum absolute atomic E-state index is 5.26. The average Bonchev–Trinajstić information content (AvgIpc) is 2.44. The molecule has 1 rings (SSSR count). The number of aromatic nitrogens is 2. The first-order chi connectivity index (χ1) is 7.00. The van der Waals surface area contributed by atoms with Crippen molar-refractivity contribution in [3.05, 3.63) is 16.7 Å². The Labute approximate surface area is 97.7 Å². The highest BCUT2D eigenvalue weighted by Crippen LogP contribution is 2.17. The van der Waals surface area contributed by atoms with Gasteiger partial charge in [0, 0.05) is 17.9 Å². The predicted molar refractivity (Wildman–Crippen MR) is 67.8 cm³/mol. The molecule has 0 spiro atoms. The van der Waals surface area contributed by atoms with Crippen LogP contribution in [0.2, 0.25) is 0 Å². The molecule has 1 aromatic heterocycles. The van der Waals surface area contributed by atoms with Crippen LogP contribution >= 0.6 is 12.2 Å². The fourth-order valence-corrected chi connectivity index (χ4v) is 2.21. The number of aryl methyl sites for hydroxylation is 1. The first kappa shape index (κ1) is 12.5. The molecule has 0 amide bonds. The number of rotatable bonds is 5. The lowest BCUT2D eigenvalue weighted by atomic mass is 10.0. The van der Waals surface area contributed by atoms with E-state index in [2.05, 4.69) is 36.5 Å². The molecule has 0 saturated carbocycles. The summed E-state index contributed by atoms with van der Waals surface area (Å²) >= 11 is 5.26. The minimum absolute atomic E-state index is 0.515. The standard InChI is InChI=1S/C12H22N2S/c1-9(2)6-5-7-11(4)14-8-10(3)13-12(14)15/h8-9,11H,5-7H2,1-4H3,(H,13,15). The SMILES string of the molecule is Cc1cn(C(C)CCCC(C)C)c(=S)[nH]1. The zero-order valence-corrected chi connectivity index (χ0v) is 11.0. The Kier molecular flexibility index (Phi) is 4.58. The second-order valence-corrected chi connectivity index (χ2v) is 5.21. The van der Waals surface area contributed by atoms with Gasteiger partial charge < -0.3 is 9.55 Å². The van der Waals surface area contributed by atoms with Gasteiger partial charge in [0.15, 0.2) is 4.77 Å². The first-order valence-corrected chi connectivity index (χ1v) is 6.19. The van der Waals surface area contributed by atoms with Crippen molar-refractivity contribution in [3.63, 3.8) is 0 Å². The number of hydrogen-bond donors (Lipinski definition) is 1. The molecule has 0 aromatic carbocycles. The molecule has 3 heteroatoms. The minimum Gasteiger partial charge on any atom is -0.335 e. The van der Waals surface area contributed by atoms with Crippen LogP contribution in [0.1, 0.15) is 51.8 Å². The van der Waals surface area contributed by atoms with Gasteiger partial charge in [-0.25, -0.2) is 0 Å². The topological polar surface area (TPSA) is 20.7 Å². The van der Waals surface area contributed by atoms with Crippen LogP contribution in [0, 0.1) is 17.6 Å². The van der Waals surface area contributed by atoms with Crippen LogP contribution in [0.5, 0.6) is 0 Å². The van der Waals surface area contributed by atoms with E-state index in [1.54, 1.807) is 0 Å². The monoisotopic (exact) mass is 226 g/mol. The molecule has 2 nitrogen and oxygen atoms in total. The van der Waals surface area contributed by atoms with E-state index in [9.17, 15) is 0 Å². The summed E-state index contributed by atoms with van der Waals surface area (Å²) in [5.41, 5.74) is 1.15. The van der Waals surface area contributed by atoms with Crippen molar-refractivity contribution in [2.75, 3.05) is 0 Å². The Morgan fingerprint density at radius 2 is 2.00 bits per heavy atom. The Morgan fingerprint density at radius 3 is 2.47 bits per heavy atom. The van der Waals surface area contributed by atoms with Gasteiger partial charge in [-0.15, -0.1) is 0 Å². The Hall–Kier alpha value is -0.570. The van der Waals surface area contributed by atoms with Gasteiger partial charge in [-0.1, -0.05) is 26.7 Å². The molecule has 15 heavy (non-hydrogen) atoms. The van der Waals surface area contributed by atoms with Crippen LogP contribution in [0.3, 0.4) is 0 Å². The van der Waals surface area contributed by atoms with E-state index in [1.165, 1.54) is 19.3 Å². The van der Waals surface area contributed by atoms with Crippen molar-refractivity contribution >= 4 is 12.2 Å². The lowest BCUT2D eigenvalue weighted by Gasteiger charge is -2.13. The molecular formula is C12H22N2S. The normalized spacial score (nSPS) is 13.4. The fourth-order valence-electron chi connectivity index (χ4n) is 1.82. The summed E-state index contributed by atoms with van der Waals surface area (Å²) in [6, 6.07) is 0.515. The van der Waals surface area contributed by atoms with Gasteiger partial charge in [0.1, 0.15) is 0 Å². The van der Waals surface area contributed by atoms with Crippen molar-refractivity contribution in [2.45, 2.75) is 53.0 Å². The number of nitrogens with zero attached hydrogens (tertiary/aromatic N) is 1. The smallest absolute Gasteiger partial charge is 0.177 e. The summed E-state index contributed by atoms with van der Waals surface area (Å²) < 4.78 is 3.02. The molecule has 0 fully saturated rings. The van der Waals surface area contributed by atoms with E-state index < -0.39 is 0 Å². The molecule has 0 aliphatic rings.